The lowest BCUT2D eigenvalue weighted by molar-refractivity contribution is -0.270. The SMILES string of the molecule is COC[C@H]1C[C@H](OC)CN1C(=O)CCCCC(=O)COCCOCCNC(=O)CCC(=O)CC(CCCOC(=O)CCCCCCCNC(=O)CCCOC1OC(CO)C(O)C(O)C1NC(C)=O)(CCCOC(=O)CCCCCCCNC(=O)CCCOC1OC(CO)C(O)C(O)C1NC(C)=O)CCCOC(=O)NCCCCCCCC(=O)CCCCC1OC(CO)C(O)C(O)C1NC(C)=O. The molecule has 4 aliphatic heterocycles. The van der Waals surface area contributed by atoms with Crippen molar-refractivity contribution >= 4 is 76.7 Å². The van der Waals surface area contributed by atoms with E-state index in [1.54, 1.807) is 19.1 Å². The number of alkyl carbamates (subject to hydrolysis) is 1. The molecule has 0 aromatic rings. The van der Waals surface area contributed by atoms with Gasteiger partial charge in [0.05, 0.1) is 104 Å². The Morgan fingerprint density at radius 2 is 0.794 bits per heavy atom. The molecule has 0 aromatic heterocycles. The Balaban J connectivity index is 1.29. The van der Waals surface area contributed by atoms with Gasteiger partial charge in [-0.05, 0) is 127 Å². The van der Waals surface area contributed by atoms with Crippen molar-refractivity contribution in [3.05, 3.63) is 0 Å². The first-order valence-electron chi connectivity index (χ1n) is 49.3. The van der Waals surface area contributed by atoms with Crippen molar-refractivity contribution < 1.29 is 165 Å². The van der Waals surface area contributed by atoms with E-state index in [4.69, 9.17) is 56.8 Å². The van der Waals surface area contributed by atoms with Crippen molar-refractivity contribution in [2.24, 2.45) is 5.41 Å². The number of ether oxygens (including phenoxy) is 12. The summed E-state index contributed by atoms with van der Waals surface area (Å²) in [5, 5.41) is 110. The summed E-state index contributed by atoms with van der Waals surface area (Å²) in [7, 11) is 3.22. The molecule has 784 valence electrons. The summed E-state index contributed by atoms with van der Waals surface area (Å²) >= 11 is 0. The third-order valence-corrected chi connectivity index (χ3v) is 24.6. The number of nitrogens with one attached hydrogen (secondary N) is 7. The quantitative estimate of drug-likeness (QED) is 0.0236. The van der Waals surface area contributed by atoms with Crippen LogP contribution in [-0.2, 0) is 114 Å². The van der Waals surface area contributed by atoms with Crippen LogP contribution in [0.4, 0.5) is 4.79 Å². The van der Waals surface area contributed by atoms with Crippen LogP contribution in [0.15, 0.2) is 0 Å². The number of likely N-dealkylation sites (tertiary alicyclic amines) is 1. The Hall–Kier alpha value is -7.21. The standard InChI is InChI=1S/C94H164N8O34/c1-64(106)99-82-72(134-73(59-103)85(118)88(82)121)33-20-18-31-68(109)30-15-9-6-14-24-46-98-93(124)133-52-29-43-94(57-69(110)39-40-78(114)97-47-53-127-54-55-128-63-70(111)32-19-21-36-79(115)102-58-71(126-5)56-67(102)62-125-4,41-27-50-129-80(116)37-16-10-7-12-22-44-95-76(112)34-25-48-131-91-83(100-65(2)107)89(122)86(119)74(60-104)135-91)42-28-51-130-81(117)38-17-11-8-13-23-45-96-77(113)35-26-49-132-92-84(101-66(3)108)90(123)87(120)75(61-105)136-92/h67,71-75,82-92,103-105,118-123H,6-63H2,1-5H3,(H,95,112)(H,96,113)(H,97,114)(H,98,124)(H,99,106)(H,100,107)(H,101,108)/t67-,71+,72?,73?,74?,75?,82?,83?,84?,85?,86?,87?,88?,89?,90?,91?,92?,94?/m1/s1. The number of carbonyl (C=O) groups is 13. The van der Waals surface area contributed by atoms with Crippen molar-refractivity contribution in [1.29, 1.82) is 0 Å². The van der Waals surface area contributed by atoms with Crippen molar-refractivity contribution in [2.75, 3.05) is 133 Å². The summed E-state index contributed by atoms with van der Waals surface area (Å²) < 4.78 is 67.4. The molecule has 4 aliphatic rings. The van der Waals surface area contributed by atoms with Crippen molar-refractivity contribution in [1.82, 2.24) is 42.1 Å². The molecule has 0 saturated carbocycles. The molecule has 4 saturated heterocycles. The number of hydrogen-bond acceptors (Lipinski definition) is 34. The fraction of sp³-hybridized carbons (Fsp3) is 0.862. The molecule has 4 heterocycles. The van der Waals surface area contributed by atoms with Gasteiger partial charge < -0.3 is 145 Å². The second-order valence-corrected chi connectivity index (χ2v) is 36.0. The van der Waals surface area contributed by atoms with Gasteiger partial charge in [-0.3, -0.25) is 57.5 Å². The normalized spacial score (nSPS) is 23.6. The van der Waals surface area contributed by atoms with Crippen LogP contribution in [0.3, 0.4) is 0 Å². The minimum Gasteiger partial charge on any atom is -0.466 e. The van der Waals surface area contributed by atoms with Crippen LogP contribution in [0.25, 0.3) is 0 Å². The number of aliphatic hydroxyl groups is 9. The Bertz CT molecular complexity index is 3170. The van der Waals surface area contributed by atoms with Gasteiger partial charge in [0, 0.05) is 138 Å². The average molecular weight is 1950 g/mol. The number of Topliss-reactive ketones (excluding diaryl/α,β-unsaturated/α-hetero) is 3. The molecule has 8 amide bonds. The number of aliphatic hydroxyl groups excluding tert-OH is 9. The van der Waals surface area contributed by atoms with E-state index in [0.717, 1.165) is 57.8 Å². The van der Waals surface area contributed by atoms with E-state index in [-0.39, 0.29) is 177 Å². The molecule has 0 aliphatic carbocycles. The van der Waals surface area contributed by atoms with Gasteiger partial charge in [-0.25, -0.2) is 4.79 Å². The van der Waals surface area contributed by atoms with Gasteiger partial charge in [0.25, 0.3) is 0 Å². The second-order valence-electron chi connectivity index (χ2n) is 36.0. The zero-order chi connectivity index (χ0) is 99.8. The molecule has 0 radical (unpaired) electrons. The zero-order valence-electron chi connectivity index (χ0n) is 81.0. The van der Waals surface area contributed by atoms with Crippen LogP contribution >= 0.6 is 0 Å². The third-order valence-electron chi connectivity index (χ3n) is 24.6. The monoisotopic (exact) mass is 1950 g/mol. The maximum atomic E-state index is 14.3. The Morgan fingerprint density at radius 3 is 1.29 bits per heavy atom. The number of methoxy groups -OCH3 is 2. The molecule has 136 heavy (non-hydrogen) atoms. The van der Waals surface area contributed by atoms with Gasteiger partial charge in [-0.2, -0.15) is 0 Å². The number of ketones is 3. The second kappa shape index (κ2) is 72.1. The molecule has 4 fully saturated rings. The molecule has 17 atom stereocenters. The maximum Gasteiger partial charge on any atom is 0.407 e. The molecular weight excluding hydrogens is 1790 g/mol. The summed E-state index contributed by atoms with van der Waals surface area (Å²) in [5.41, 5.74) is -0.804. The maximum absolute atomic E-state index is 14.3. The molecule has 0 spiro atoms. The summed E-state index contributed by atoms with van der Waals surface area (Å²) in [6.45, 7) is 4.69. The first kappa shape index (κ1) is 121. The molecule has 0 aromatic carbocycles. The van der Waals surface area contributed by atoms with E-state index < -0.39 is 159 Å². The molecular formula is C94H164N8O34. The van der Waals surface area contributed by atoms with Crippen molar-refractivity contribution in [3.63, 3.8) is 0 Å². The lowest BCUT2D eigenvalue weighted by Crippen LogP contribution is -2.64. The van der Waals surface area contributed by atoms with E-state index in [9.17, 15) is 108 Å². The molecule has 4 rings (SSSR count). The van der Waals surface area contributed by atoms with Crippen LogP contribution in [0.2, 0.25) is 0 Å². The highest BCUT2D eigenvalue weighted by Gasteiger charge is 2.48. The molecule has 15 unspecified atom stereocenters. The van der Waals surface area contributed by atoms with Crippen LogP contribution < -0.4 is 37.2 Å². The van der Waals surface area contributed by atoms with E-state index in [1.165, 1.54) is 20.8 Å². The minimum absolute atomic E-state index is 0.00310. The van der Waals surface area contributed by atoms with Gasteiger partial charge in [-0.15, -0.1) is 0 Å². The molecule has 16 N–H and O–H groups in total. The number of carbonyl (C=O) groups excluding carboxylic acids is 13. The number of amides is 8. The highest BCUT2D eigenvalue weighted by Crippen LogP contribution is 2.40. The largest absolute Gasteiger partial charge is 0.466 e. The highest BCUT2D eigenvalue weighted by atomic mass is 16.7. The topological polar surface area (TPSA) is 602 Å². The van der Waals surface area contributed by atoms with Crippen molar-refractivity contribution in [3.8, 4) is 0 Å². The van der Waals surface area contributed by atoms with Crippen LogP contribution in [0.5, 0.6) is 0 Å². The number of esters is 2. The fourth-order valence-corrected chi connectivity index (χ4v) is 17.1. The average Bonchev–Trinajstić information content (AvgIpc) is 1.50. The van der Waals surface area contributed by atoms with Crippen molar-refractivity contribution in [2.45, 2.75) is 381 Å². The minimum atomic E-state index is -1.46. The Kier molecular flexibility index (Phi) is 64.2. The summed E-state index contributed by atoms with van der Waals surface area (Å²) in [6, 6.07) is -3.11. The Labute approximate surface area is 800 Å². The lowest BCUT2D eigenvalue weighted by Gasteiger charge is -2.42. The summed E-state index contributed by atoms with van der Waals surface area (Å²) in [4.78, 5) is 168. The van der Waals surface area contributed by atoms with Crippen LogP contribution in [0.1, 0.15) is 278 Å². The van der Waals surface area contributed by atoms with E-state index in [2.05, 4.69) is 37.2 Å². The lowest BCUT2D eigenvalue weighted by atomic mass is 9.71. The fourth-order valence-electron chi connectivity index (χ4n) is 17.1. The van der Waals surface area contributed by atoms with Gasteiger partial charge in [0.15, 0.2) is 18.4 Å². The predicted molar refractivity (Wildman–Crippen MR) is 490 cm³/mol. The summed E-state index contributed by atoms with van der Waals surface area (Å²) in [6.07, 6.45) is 2.82. The Morgan fingerprint density at radius 1 is 0.375 bits per heavy atom. The van der Waals surface area contributed by atoms with Gasteiger partial charge in [-0.1, -0.05) is 64.2 Å². The van der Waals surface area contributed by atoms with E-state index in [1.807, 2.05) is 0 Å². The molecule has 42 nitrogen and oxygen atoms in total. The van der Waals surface area contributed by atoms with Crippen LogP contribution in [-0.4, -0.2) is 364 Å². The van der Waals surface area contributed by atoms with E-state index in [0.29, 0.717) is 168 Å². The van der Waals surface area contributed by atoms with Gasteiger partial charge in [0.1, 0.15) is 85.2 Å². The molecule has 0 bridgehead atoms. The first-order chi connectivity index (χ1) is 65.4. The zero-order valence-corrected chi connectivity index (χ0v) is 81.0. The smallest absolute Gasteiger partial charge is 0.407 e. The number of hydrogen-bond donors (Lipinski definition) is 16. The van der Waals surface area contributed by atoms with Gasteiger partial charge >= 0.3 is 18.0 Å². The summed E-state index contributed by atoms with van der Waals surface area (Å²) in [5.74, 6) is -3.23. The molecule has 42 heteroatoms. The predicted octanol–water partition coefficient (Wildman–Crippen LogP) is 2.26. The van der Waals surface area contributed by atoms with Crippen LogP contribution in [0, 0.1) is 5.41 Å². The van der Waals surface area contributed by atoms with E-state index >= 15 is 0 Å². The highest BCUT2D eigenvalue weighted by molar-refractivity contribution is 5.85. The number of nitrogens with zero attached hydrogens (tertiary/aromatic N) is 1. The third kappa shape index (κ3) is 51.3. The first-order valence-corrected chi connectivity index (χ1v) is 49.3. The van der Waals surface area contributed by atoms with Gasteiger partial charge in [0.2, 0.25) is 41.4 Å². The number of unbranched alkanes of at least 4 members (excludes halogenated alkanes) is 14. The number of rotatable bonds is 78.